The number of anilines is 2. The van der Waals surface area contributed by atoms with Gasteiger partial charge in [-0.2, -0.15) is 5.10 Å². The van der Waals surface area contributed by atoms with E-state index < -0.39 is 0 Å². The molecule has 2 rings (SSSR count). The molecule has 0 unspecified atom stereocenters. The van der Waals surface area contributed by atoms with Crippen LogP contribution in [0.1, 0.15) is 4.88 Å². The number of nitrogen functional groups attached to an aromatic ring is 1. The van der Waals surface area contributed by atoms with Crippen LogP contribution in [0.2, 0.25) is 0 Å². The van der Waals surface area contributed by atoms with E-state index in [1.54, 1.807) is 12.4 Å². The Morgan fingerprint density at radius 3 is 3.00 bits per heavy atom. The Morgan fingerprint density at radius 1 is 1.62 bits per heavy atom. The number of aryl methyl sites for hydroxylation is 1. The highest BCUT2D eigenvalue weighted by Crippen LogP contribution is 2.16. The number of nitrogens with one attached hydrogen (secondary N) is 1. The number of hydrogen-bond donors (Lipinski definition) is 2. The van der Waals surface area contributed by atoms with Crippen molar-refractivity contribution >= 4 is 28.1 Å². The summed E-state index contributed by atoms with van der Waals surface area (Å²) in [7, 11) is 0. The molecule has 6 nitrogen and oxygen atoms in total. The second kappa shape index (κ2) is 4.31. The van der Waals surface area contributed by atoms with Crippen LogP contribution in [0.3, 0.4) is 0 Å². The average molecular weight is 237 g/mol. The van der Waals surface area contributed by atoms with Crippen LogP contribution in [-0.4, -0.2) is 20.7 Å². The summed E-state index contributed by atoms with van der Waals surface area (Å²) in [5.41, 5.74) is 6.02. The van der Waals surface area contributed by atoms with Gasteiger partial charge in [-0.15, -0.1) is 11.3 Å². The Bertz CT molecular complexity index is 459. The summed E-state index contributed by atoms with van der Waals surface area (Å²) in [4.78, 5) is 16.6. The van der Waals surface area contributed by atoms with E-state index in [2.05, 4.69) is 15.4 Å². The summed E-state index contributed by atoms with van der Waals surface area (Å²) >= 11 is 1.43. The SMILES string of the molecule is Cc1cnc(NC(=O)Cn2cc(N)cn2)s1. The molecule has 0 saturated carbocycles. The van der Waals surface area contributed by atoms with Crippen LogP contribution in [0.4, 0.5) is 10.8 Å². The number of carbonyl (C=O) groups is 1. The van der Waals surface area contributed by atoms with Crippen molar-refractivity contribution in [3.05, 3.63) is 23.5 Å². The lowest BCUT2D eigenvalue weighted by Crippen LogP contribution is -2.18. The minimum absolute atomic E-state index is 0.135. The quantitative estimate of drug-likeness (QED) is 0.829. The highest BCUT2D eigenvalue weighted by atomic mass is 32.1. The van der Waals surface area contributed by atoms with E-state index >= 15 is 0 Å². The summed E-state index contributed by atoms with van der Waals surface area (Å²) in [6.07, 6.45) is 4.82. The van der Waals surface area contributed by atoms with Crippen molar-refractivity contribution in [2.75, 3.05) is 11.1 Å². The molecule has 0 bridgehead atoms. The maximum atomic E-state index is 11.6. The largest absolute Gasteiger partial charge is 0.396 e. The number of thiazole rings is 1. The van der Waals surface area contributed by atoms with Gasteiger partial charge in [0, 0.05) is 17.3 Å². The van der Waals surface area contributed by atoms with Crippen molar-refractivity contribution in [1.29, 1.82) is 0 Å². The monoisotopic (exact) mass is 237 g/mol. The topological polar surface area (TPSA) is 85.8 Å². The molecule has 0 atom stereocenters. The molecule has 2 aromatic rings. The molecular formula is C9H11N5OS. The second-order valence-electron chi connectivity index (χ2n) is 3.30. The molecule has 0 aliphatic carbocycles. The highest BCUT2D eigenvalue weighted by Gasteiger charge is 2.06. The Labute approximate surface area is 96.1 Å². The van der Waals surface area contributed by atoms with Crippen LogP contribution < -0.4 is 11.1 Å². The van der Waals surface area contributed by atoms with Crippen LogP contribution in [0, 0.1) is 6.92 Å². The first-order chi connectivity index (χ1) is 7.63. The predicted octanol–water partition coefficient (Wildman–Crippen LogP) is 0.869. The molecule has 0 spiro atoms. The van der Waals surface area contributed by atoms with Gasteiger partial charge >= 0.3 is 0 Å². The van der Waals surface area contributed by atoms with Gasteiger partial charge in [-0.3, -0.25) is 9.48 Å². The molecule has 0 aliphatic heterocycles. The van der Waals surface area contributed by atoms with Gasteiger partial charge < -0.3 is 11.1 Å². The molecule has 7 heteroatoms. The van der Waals surface area contributed by atoms with Gasteiger partial charge in [-0.25, -0.2) is 4.98 Å². The molecule has 0 saturated heterocycles. The van der Waals surface area contributed by atoms with Crippen LogP contribution in [0.25, 0.3) is 0 Å². The third-order valence-corrected chi connectivity index (χ3v) is 2.65. The fourth-order valence-electron chi connectivity index (χ4n) is 1.18. The fourth-order valence-corrected chi connectivity index (χ4v) is 1.87. The van der Waals surface area contributed by atoms with Crippen molar-refractivity contribution < 1.29 is 4.79 Å². The summed E-state index contributed by atoms with van der Waals surface area (Å²) in [5, 5.41) is 7.20. The first-order valence-electron chi connectivity index (χ1n) is 4.64. The van der Waals surface area contributed by atoms with E-state index in [1.807, 2.05) is 6.92 Å². The first kappa shape index (κ1) is 10.6. The summed E-state index contributed by atoms with van der Waals surface area (Å²) < 4.78 is 1.48. The molecule has 0 aliphatic rings. The van der Waals surface area contributed by atoms with Gasteiger partial charge in [0.05, 0.1) is 11.9 Å². The summed E-state index contributed by atoms with van der Waals surface area (Å²) in [6, 6.07) is 0. The van der Waals surface area contributed by atoms with Crippen LogP contribution >= 0.6 is 11.3 Å². The molecule has 0 fully saturated rings. The lowest BCUT2D eigenvalue weighted by Gasteiger charge is -2.01. The van der Waals surface area contributed by atoms with Gasteiger partial charge in [0.2, 0.25) is 5.91 Å². The standard InChI is InChI=1S/C9H11N5OS/c1-6-2-11-9(16-6)13-8(15)5-14-4-7(10)3-12-14/h2-4H,5,10H2,1H3,(H,11,13,15). The minimum Gasteiger partial charge on any atom is -0.396 e. The average Bonchev–Trinajstić information content (AvgIpc) is 2.76. The van der Waals surface area contributed by atoms with Crippen molar-refractivity contribution in [3.8, 4) is 0 Å². The highest BCUT2D eigenvalue weighted by molar-refractivity contribution is 7.15. The lowest BCUT2D eigenvalue weighted by molar-refractivity contribution is -0.116. The third-order valence-electron chi connectivity index (χ3n) is 1.83. The third kappa shape index (κ3) is 2.57. The number of carbonyl (C=O) groups excluding carboxylic acids is 1. The Morgan fingerprint density at radius 2 is 2.44 bits per heavy atom. The maximum Gasteiger partial charge on any atom is 0.247 e. The maximum absolute atomic E-state index is 11.6. The smallest absolute Gasteiger partial charge is 0.247 e. The Hall–Kier alpha value is -1.89. The van der Waals surface area contributed by atoms with Crippen LogP contribution in [0.5, 0.6) is 0 Å². The molecule has 84 valence electrons. The van der Waals surface area contributed by atoms with E-state index in [0.29, 0.717) is 10.8 Å². The van der Waals surface area contributed by atoms with Gasteiger partial charge in [-0.05, 0) is 6.92 Å². The van der Waals surface area contributed by atoms with Crippen LogP contribution in [0.15, 0.2) is 18.6 Å². The van der Waals surface area contributed by atoms with Crippen molar-refractivity contribution in [2.24, 2.45) is 0 Å². The lowest BCUT2D eigenvalue weighted by atomic mass is 10.5. The van der Waals surface area contributed by atoms with Gasteiger partial charge in [-0.1, -0.05) is 0 Å². The summed E-state index contributed by atoms with van der Waals surface area (Å²) in [5.74, 6) is -0.169. The zero-order chi connectivity index (χ0) is 11.5. The molecule has 1 amide bonds. The van der Waals surface area contributed by atoms with Crippen molar-refractivity contribution in [1.82, 2.24) is 14.8 Å². The van der Waals surface area contributed by atoms with E-state index in [0.717, 1.165) is 4.88 Å². The van der Waals surface area contributed by atoms with Gasteiger partial charge in [0.1, 0.15) is 6.54 Å². The minimum atomic E-state index is -0.169. The molecule has 2 aromatic heterocycles. The van der Waals surface area contributed by atoms with E-state index in [4.69, 9.17) is 5.73 Å². The number of nitrogens with two attached hydrogens (primary N) is 1. The fraction of sp³-hybridized carbons (Fsp3) is 0.222. The van der Waals surface area contributed by atoms with E-state index in [9.17, 15) is 4.79 Å². The molecule has 0 radical (unpaired) electrons. The first-order valence-corrected chi connectivity index (χ1v) is 5.45. The van der Waals surface area contributed by atoms with Crippen molar-refractivity contribution in [2.45, 2.75) is 13.5 Å². The van der Waals surface area contributed by atoms with Crippen molar-refractivity contribution in [3.63, 3.8) is 0 Å². The molecule has 0 aromatic carbocycles. The van der Waals surface area contributed by atoms with E-state index in [1.165, 1.54) is 22.2 Å². The Balaban J connectivity index is 1.94. The summed E-state index contributed by atoms with van der Waals surface area (Å²) in [6.45, 7) is 2.07. The molecule has 3 N–H and O–H groups in total. The zero-order valence-electron chi connectivity index (χ0n) is 8.67. The number of aromatic nitrogens is 3. The number of nitrogens with zero attached hydrogens (tertiary/aromatic N) is 3. The van der Waals surface area contributed by atoms with Crippen LogP contribution in [-0.2, 0) is 11.3 Å². The van der Waals surface area contributed by atoms with Gasteiger partial charge in [0.25, 0.3) is 0 Å². The normalized spacial score (nSPS) is 10.3. The molecular weight excluding hydrogens is 226 g/mol. The second-order valence-corrected chi connectivity index (χ2v) is 4.53. The number of hydrogen-bond acceptors (Lipinski definition) is 5. The predicted molar refractivity (Wildman–Crippen MR) is 62.1 cm³/mol. The number of rotatable bonds is 3. The van der Waals surface area contributed by atoms with Gasteiger partial charge in [0.15, 0.2) is 5.13 Å². The number of amides is 1. The molecule has 2 heterocycles. The van der Waals surface area contributed by atoms with E-state index in [-0.39, 0.29) is 12.5 Å². The Kier molecular flexibility index (Phi) is 2.86. The zero-order valence-corrected chi connectivity index (χ0v) is 9.49. The molecule has 16 heavy (non-hydrogen) atoms.